The molecule has 0 fully saturated rings. The van der Waals surface area contributed by atoms with Gasteiger partial charge in [-0.2, -0.15) is 4.31 Å². The maximum atomic E-state index is 13.3. The molecule has 2 aromatic heterocycles. The van der Waals surface area contributed by atoms with E-state index in [-0.39, 0.29) is 11.4 Å². The number of nitrogens with zero attached hydrogens (tertiary/aromatic N) is 2. The Hall–Kier alpha value is -2.06. The van der Waals surface area contributed by atoms with Gasteiger partial charge in [-0.3, -0.25) is 4.98 Å². The summed E-state index contributed by atoms with van der Waals surface area (Å²) in [4.78, 5) is 5.30. The minimum atomic E-state index is -3.72. The molecule has 0 amide bonds. The lowest BCUT2D eigenvalue weighted by atomic mass is 9.98. The Morgan fingerprint density at radius 2 is 1.96 bits per heavy atom. The van der Waals surface area contributed by atoms with Crippen molar-refractivity contribution >= 4 is 21.4 Å². The molecule has 0 bridgehead atoms. The average molecular weight is 386 g/mol. The van der Waals surface area contributed by atoms with Gasteiger partial charge in [0.2, 0.25) is 10.0 Å². The average Bonchev–Trinajstić information content (AvgIpc) is 3.17. The molecule has 2 atom stereocenters. The van der Waals surface area contributed by atoms with E-state index in [9.17, 15) is 13.5 Å². The third kappa shape index (κ3) is 3.07. The van der Waals surface area contributed by atoms with Crippen molar-refractivity contribution in [3.05, 3.63) is 82.3 Å². The first-order chi connectivity index (χ1) is 12.6. The maximum Gasteiger partial charge on any atom is 0.244 e. The first-order valence-electron chi connectivity index (χ1n) is 8.27. The summed E-state index contributed by atoms with van der Waals surface area (Å²) in [6.07, 6.45) is 2.90. The van der Waals surface area contributed by atoms with Gasteiger partial charge in [0.25, 0.3) is 0 Å². The van der Waals surface area contributed by atoms with Crippen molar-refractivity contribution in [1.82, 2.24) is 9.29 Å². The smallest absolute Gasteiger partial charge is 0.244 e. The molecular weight excluding hydrogens is 368 g/mol. The molecule has 0 saturated carbocycles. The SMILES string of the molecule is O=S1(=O)c2ccccc2[C@H](O)[C@@H](Cc2cccs2)N1Cc1cccnc1. The third-order valence-electron chi connectivity index (χ3n) is 4.61. The first-order valence-corrected chi connectivity index (χ1v) is 10.6. The fourth-order valence-corrected chi connectivity index (χ4v) is 5.96. The van der Waals surface area contributed by atoms with Crippen molar-refractivity contribution in [2.45, 2.75) is 30.0 Å². The van der Waals surface area contributed by atoms with Crippen LogP contribution in [0.3, 0.4) is 0 Å². The van der Waals surface area contributed by atoms with E-state index in [2.05, 4.69) is 4.98 Å². The summed E-state index contributed by atoms with van der Waals surface area (Å²) in [5, 5.41) is 12.9. The molecule has 3 aromatic rings. The molecule has 0 spiro atoms. The van der Waals surface area contributed by atoms with Gasteiger partial charge in [-0.05, 0) is 29.1 Å². The summed E-state index contributed by atoms with van der Waals surface area (Å²) in [6, 6.07) is 13.7. The van der Waals surface area contributed by atoms with Crippen LogP contribution in [0.1, 0.15) is 22.1 Å². The number of aromatic nitrogens is 1. The number of benzene rings is 1. The van der Waals surface area contributed by atoms with E-state index in [4.69, 9.17) is 0 Å². The second-order valence-corrected chi connectivity index (χ2v) is 9.14. The van der Waals surface area contributed by atoms with Crippen LogP contribution in [0.25, 0.3) is 0 Å². The lowest BCUT2D eigenvalue weighted by Crippen LogP contribution is -2.48. The highest BCUT2D eigenvalue weighted by atomic mass is 32.2. The van der Waals surface area contributed by atoms with Crippen molar-refractivity contribution in [3.63, 3.8) is 0 Å². The molecule has 134 valence electrons. The molecule has 0 saturated heterocycles. The van der Waals surface area contributed by atoms with Crippen LogP contribution in [0.15, 0.2) is 71.2 Å². The van der Waals surface area contributed by atoms with Gasteiger partial charge in [0.1, 0.15) is 0 Å². The summed E-state index contributed by atoms with van der Waals surface area (Å²) >= 11 is 1.56. The summed E-state index contributed by atoms with van der Waals surface area (Å²) in [6.45, 7) is 0.178. The number of aliphatic hydroxyl groups excluding tert-OH is 1. The molecule has 1 aliphatic rings. The van der Waals surface area contributed by atoms with Crippen LogP contribution in [-0.2, 0) is 23.0 Å². The van der Waals surface area contributed by atoms with Gasteiger partial charge < -0.3 is 5.11 Å². The Balaban J connectivity index is 1.80. The van der Waals surface area contributed by atoms with Crippen LogP contribution in [0.2, 0.25) is 0 Å². The Morgan fingerprint density at radius 1 is 1.12 bits per heavy atom. The molecule has 0 aliphatic carbocycles. The van der Waals surface area contributed by atoms with E-state index in [0.29, 0.717) is 12.0 Å². The normalized spacial score (nSPS) is 22.0. The molecule has 1 aliphatic heterocycles. The zero-order valence-corrected chi connectivity index (χ0v) is 15.5. The second kappa shape index (κ2) is 6.92. The van der Waals surface area contributed by atoms with Crippen molar-refractivity contribution in [2.24, 2.45) is 0 Å². The van der Waals surface area contributed by atoms with E-state index in [0.717, 1.165) is 10.4 Å². The van der Waals surface area contributed by atoms with E-state index in [1.807, 2.05) is 23.6 Å². The summed E-state index contributed by atoms with van der Waals surface area (Å²) < 4.78 is 28.0. The quantitative estimate of drug-likeness (QED) is 0.748. The zero-order valence-electron chi connectivity index (χ0n) is 13.9. The molecular formula is C19H18N2O3S2. The van der Waals surface area contributed by atoms with Crippen molar-refractivity contribution in [1.29, 1.82) is 0 Å². The van der Waals surface area contributed by atoms with E-state index in [1.54, 1.807) is 54.1 Å². The number of sulfonamides is 1. The monoisotopic (exact) mass is 386 g/mol. The van der Waals surface area contributed by atoms with Crippen LogP contribution in [0, 0.1) is 0 Å². The largest absolute Gasteiger partial charge is 0.387 e. The number of rotatable bonds is 4. The Morgan fingerprint density at radius 3 is 2.69 bits per heavy atom. The zero-order chi connectivity index (χ0) is 18.1. The molecule has 0 unspecified atom stereocenters. The summed E-state index contributed by atoms with van der Waals surface area (Å²) in [5.41, 5.74) is 1.26. The fourth-order valence-electron chi connectivity index (χ4n) is 3.35. The lowest BCUT2D eigenvalue weighted by Gasteiger charge is -2.39. The van der Waals surface area contributed by atoms with Gasteiger partial charge in [0, 0.05) is 35.8 Å². The fraction of sp³-hybridized carbons (Fsp3) is 0.211. The highest BCUT2D eigenvalue weighted by molar-refractivity contribution is 7.89. The second-order valence-electron chi connectivity index (χ2n) is 6.25. The number of hydrogen-bond donors (Lipinski definition) is 1. The van der Waals surface area contributed by atoms with Crippen LogP contribution in [-0.4, -0.2) is 28.9 Å². The number of pyridine rings is 1. The topological polar surface area (TPSA) is 70.5 Å². The van der Waals surface area contributed by atoms with Crippen LogP contribution in [0.5, 0.6) is 0 Å². The lowest BCUT2D eigenvalue weighted by molar-refractivity contribution is 0.0773. The van der Waals surface area contributed by atoms with Crippen LogP contribution in [0.4, 0.5) is 0 Å². The highest BCUT2D eigenvalue weighted by Crippen LogP contribution is 2.39. The molecule has 5 nitrogen and oxygen atoms in total. The Bertz CT molecular complexity index is 989. The maximum absolute atomic E-state index is 13.3. The van der Waals surface area contributed by atoms with Crippen molar-refractivity contribution in [3.8, 4) is 0 Å². The van der Waals surface area contributed by atoms with E-state index >= 15 is 0 Å². The Kier molecular flexibility index (Phi) is 4.62. The van der Waals surface area contributed by atoms with Crippen molar-refractivity contribution < 1.29 is 13.5 Å². The number of fused-ring (bicyclic) bond motifs is 1. The summed E-state index contributed by atoms with van der Waals surface area (Å²) in [5.74, 6) is 0. The van der Waals surface area contributed by atoms with Gasteiger partial charge in [-0.1, -0.05) is 30.3 Å². The Labute approximate surface area is 156 Å². The van der Waals surface area contributed by atoms with Crippen molar-refractivity contribution in [2.75, 3.05) is 0 Å². The number of hydrogen-bond acceptors (Lipinski definition) is 5. The molecule has 7 heteroatoms. The van der Waals surface area contributed by atoms with Gasteiger partial charge in [0.15, 0.2) is 0 Å². The van der Waals surface area contributed by atoms with Gasteiger partial charge in [-0.25, -0.2) is 8.42 Å². The molecule has 0 radical (unpaired) electrons. The summed E-state index contributed by atoms with van der Waals surface area (Å²) in [7, 11) is -3.72. The van der Waals surface area contributed by atoms with Gasteiger partial charge in [0.05, 0.1) is 17.0 Å². The molecule has 4 rings (SSSR count). The molecule has 3 heterocycles. The molecule has 26 heavy (non-hydrogen) atoms. The molecule has 1 N–H and O–H groups in total. The minimum Gasteiger partial charge on any atom is -0.387 e. The van der Waals surface area contributed by atoms with E-state index in [1.165, 1.54) is 4.31 Å². The first kappa shape index (κ1) is 17.4. The van der Waals surface area contributed by atoms with Gasteiger partial charge >= 0.3 is 0 Å². The predicted octanol–water partition coefficient (Wildman–Crippen LogP) is 2.99. The van der Waals surface area contributed by atoms with Crippen LogP contribution < -0.4 is 0 Å². The highest BCUT2D eigenvalue weighted by Gasteiger charge is 2.43. The third-order valence-corrected chi connectivity index (χ3v) is 7.45. The number of aliphatic hydroxyl groups is 1. The van der Waals surface area contributed by atoms with E-state index < -0.39 is 22.2 Å². The standard InChI is InChI=1S/C19H18N2O3S2/c22-19-16-7-1-2-8-18(16)26(23,24)21(13-14-5-3-9-20-12-14)17(19)11-15-6-4-10-25-15/h1-10,12,17,19,22H,11,13H2/t17-,19+/m1/s1. The van der Waals surface area contributed by atoms with Crippen LogP contribution >= 0.6 is 11.3 Å². The van der Waals surface area contributed by atoms with Gasteiger partial charge in [-0.15, -0.1) is 11.3 Å². The minimum absolute atomic E-state index is 0.178. The number of thiophene rings is 1. The predicted molar refractivity (Wildman–Crippen MR) is 100 cm³/mol. The molecule has 1 aromatic carbocycles.